The van der Waals surface area contributed by atoms with Crippen LogP contribution in [0.5, 0.6) is 0 Å². The van der Waals surface area contributed by atoms with Crippen LogP contribution in [0.1, 0.15) is 54.3 Å². The highest BCUT2D eigenvalue weighted by atomic mass is 16.3. The van der Waals surface area contributed by atoms with Crippen LogP contribution in [0.3, 0.4) is 0 Å². The Kier molecular flexibility index (Phi) is 4.22. The lowest BCUT2D eigenvalue weighted by Gasteiger charge is -2.34. The van der Waals surface area contributed by atoms with Crippen LogP contribution in [-0.2, 0) is 12.0 Å². The first kappa shape index (κ1) is 15.7. The maximum absolute atomic E-state index is 12.4. The van der Waals surface area contributed by atoms with Crippen molar-refractivity contribution in [2.75, 3.05) is 6.54 Å². The Labute approximate surface area is 136 Å². The number of hydrogen-bond donors (Lipinski definition) is 2. The summed E-state index contributed by atoms with van der Waals surface area (Å²) in [7, 11) is 0. The van der Waals surface area contributed by atoms with Gasteiger partial charge >= 0.3 is 0 Å². The van der Waals surface area contributed by atoms with Crippen LogP contribution in [-0.4, -0.2) is 27.3 Å². The molecule has 1 aromatic carbocycles. The van der Waals surface area contributed by atoms with Gasteiger partial charge in [-0.2, -0.15) is 5.10 Å². The summed E-state index contributed by atoms with van der Waals surface area (Å²) in [6.07, 6.45) is 4.19. The van der Waals surface area contributed by atoms with Crippen LogP contribution in [0.4, 0.5) is 0 Å². The van der Waals surface area contributed by atoms with E-state index in [9.17, 15) is 9.90 Å². The van der Waals surface area contributed by atoms with Gasteiger partial charge in [-0.25, -0.2) is 0 Å². The summed E-state index contributed by atoms with van der Waals surface area (Å²) >= 11 is 0. The van der Waals surface area contributed by atoms with Crippen molar-refractivity contribution >= 4 is 5.91 Å². The highest BCUT2D eigenvalue weighted by molar-refractivity contribution is 5.92. The highest BCUT2D eigenvalue weighted by Crippen LogP contribution is 2.34. The fraction of sp³-hybridized carbons (Fsp3) is 0.444. The number of aliphatic hydroxyl groups is 1. The fourth-order valence-corrected chi connectivity index (χ4v) is 3.30. The summed E-state index contributed by atoms with van der Waals surface area (Å²) in [5, 5.41) is 18.1. The van der Waals surface area contributed by atoms with Crippen LogP contribution >= 0.6 is 0 Å². The molecule has 122 valence electrons. The first-order valence-electron chi connectivity index (χ1n) is 8.14. The molecule has 0 bridgehead atoms. The van der Waals surface area contributed by atoms with E-state index in [1.165, 1.54) is 5.56 Å². The van der Waals surface area contributed by atoms with Gasteiger partial charge in [0.2, 0.25) is 0 Å². The van der Waals surface area contributed by atoms with E-state index in [-0.39, 0.29) is 18.5 Å². The zero-order chi connectivity index (χ0) is 16.4. The van der Waals surface area contributed by atoms with Gasteiger partial charge in [-0.05, 0) is 50.3 Å². The molecule has 5 nitrogen and oxygen atoms in total. The van der Waals surface area contributed by atoms with E-state index in [1.807, 2.05) is 32.0 Å². The topological polar surface area (TPSA) is 67.2 Å². The third kappa shape index (κ3) is 3.01. The molecule has 1 unspecified atom stereocenters. The first-order chi connectivity index (χ1) is 11.0. The number of amides is 1. The number of hydrogen-bond acceptors (Lipinski definition) is 3. The van der Waals surface area contributed by atoms with E-state index in [0.717, 1.165) is 18.4 Å². The maximum Gasteiger partial charge on any atom is 0.269 e. The van der Waals surface area contributed by atoms with Crippen molar-refractivity contribution < 1.29 is 9.90 Å². The van der Waals surface area contributed by atoms with Crippen molar-refractivity contribution in [3.8, 4) is 0 Å². The zero-order valence-electron chi connectivity index (χ0n) is 13.6. The Balaban J connectivity index is 1.76. The van der Waals surface area contributed by atoms with E-state index in [4.69, 9.17) is 0 Å². The summed E-state index contributed by atoms with van der Waals surface area (Å²) in [5.74, 6) is -0.201. The summed E-state index contributed by atoms with van der Waals surface area (Å²) < 4.78 is 1.69. The molecule has 23 heavy (non-hydrogen) atoms. The Morgan fingerprint density at radius 3 is 2.96 bits per heavy atom. The summed E-state index contributed by atoms with van der Waals surface area (Å²) in [5.41, 5.74) is 1.63. The molecule has 0 aliphatic heterocycles. The third-order valence-electron chi connectivity index (χ3n) is 4.49. The molecule has 1 atom stereocenters. The van der Waals surface area contributed by atoms with Gasteiger partial charge in [0.15, 0.2) is 0 Å². The van der Waals surface area contributed by atoms with Crippen LogP contribution in [0.2, 0.25) is 0 Å². The Morgan fingerprint density at radius 1 is 1.39 bits per heavy atom. The number of carbonyl (C=O) groups is 1. The van der Waals surface area contributed by atoms with Crippen molar-refractivity contribution in [1.82, 2.24) is 15.1 Å². The van der Waals surface area contributed by atoms with Crippen molar-refractivity contribution in [3.63, 3.8) is 0 Å². The molecule has 5 heteroatoms. The monoisotopic (exact) mass is 313 g/mol. The molecule has 1 aliphatic rings. The van der Waals surface area contributed by atoms with Gasteiger partial charge in [-0.1, -0.05) is 24.3 Å². The average molecular weight is 313 g/mol. The molecule has 2 N–H and O–H groups in total. The van der Waals surface area contributed by atoms with Crippen LogP contribution in [0.15, 0.2) is 36.5 Å². The molecule has 2 aromatic rings. The largest absolute Gasteiger partial charge is 0.383 e. The minimum atomic E-state index is -0.993. The average Bonchev–Trinajstić information content (AvgIpc) is 3.03. The van der Waals surface area contributed by atoms with Gasteiger partial charge in [0.1, 0.15) is 11.3 Å². The second-order valence-corrected chi connectivity index (χ2v) is 6.48. The number of rotatable bonds is 4. The number of fused-ring (bicyclic) bond motifs is 1. The number of aromatic nitrogens is 2. The van der Waals surface area contributed by atoms with Crippen molar-refractivity contribution in [3.05, 3.63) is 53.3 Å². The van der Waals surface area contributed by atoms with Gasteiger partial charge in [0, 0.05) is 12.2 Å². The van der Waals surface area contributed by atoms with Crippen molar-refractivity contribution in [2.45, 2.75) is 44.8 Å². The quantitative estimate of drug-likeness (QED) is 0.911. The SMILES string of the molecule is CC(C)n1nccc1C(=O)NCC1(O)CCCc2ccccc21. The molecular formula is C18H23N3O2. The van der Waals surface area contributed by atoms with Crippen molar-refractivity contribution in [2.24, 2.45) is 0 Å². The number of nitrogens with one attached hydrogen (secondary N) is 1. The van der Waals surface area contributed by atoms with Gasteiger partial charge in [0.25, 0.3) is 5.91 Å². The predicted molar refractivity (Wildman–Crippen MR) is 88.2 cm³/mol. The van der Waals surface area contributed by atoms with E-state index in [0.29, 0.717) is 12.1 Å². The van der Waals surface area contributed by atoms with Gasteiger partial charge in [-0.15, -0.1) is 0 Å². The van der Waals surface area contributed by atoms with E-state index < -0.39 is 5.60 Å². The second kappa shape index (κ2) is 6.16. The summed E-state index contributed by atoms with van der Waals surface area (Å²) in [6.45, 7) is 4.18. The van der Waals surface area contributed by atoms with E-state index in [2.05, 4.69) is 16.5 Å². The van der Waals surface area contributed by atoms with Crippen LogP contribution in [0, 0.1) is 0 Å². The molecule has 1 amide bonds. The number of carbonyl (C=O) groups excluding carboxylic acids is 1. The first-order valence-corrected chi connectivity index (χ1v) is 8.14. The second-order valence-electron chi connectivity index (χ2n) is 6.48. The molecule has 1 aliphatic carbocycles. The molecule has 0 radical (unpaired) electrons. The van der Waals surface area contributed by atoms with E-state index >= 15 is 0 Å². The maximum atomic E-state index is 12.4. The van der Waals surface area contributed by atoms with Crippen LogP contribution < -0.4 is 5.32 Å². The zero-order valence-corrected chi connectivity index (χ0v) is 13.6. The molecular weight excluding hydrogens is 290 g/mol. The minimum Gasteiger partial charge on any atom is -0.383 e. The molecule has 1 aromatic heterocycles. The predicted octanol–water partition coefficient (Wildman–Crippen LogP) is 2.42. The van der Waals surface area contributed by atoms with Gasteiger partial charge in [-0.3, -0.25) is 9.48 Å². The molecule has 0 saturated heterocycles. The minimum absolute atomic E-state index is 0.115. The fourth-order valence-electron chi connectivity index (χ4n) is 3.30. The Morgan fingerprint density at radius 2 is 2.17 bits per heavy atom. The molecule has 0 spiro atoms. The lowest BCUT2D eigenvalue weighted by molar-refractivity contribution is 0.0188. The molecule has 1 heterocycles. The Bertz CT molecular complexity index is 708. The lowest BCUT2D eigenvalue weighted by atomic mass is 9.79. The smallest absolute Gasteiger partial charge is 0.269 e. The standard InChI is InChI=1S/C18H23N3O2/c1-13(2)21-16(9-11-20-21)17(22)19-12-18(23)10-5-7-14-6-3-4-8-15(14)18/h3-4,6,8-9,11,13,23H,5,7,10,12H2,1-2H3,(H,19,22). The number of aryl methyl sites for hydroxylation is 1. The van der Waals surface area contributed by atoms with Gasteiger partial charge < -0.3 is 10.4 Å². The number of nitrogens with zero attached hydrogens (tertiary/aromatic N) is 2. The van der Waals surface area contributed by atoms with Gasteiger partial charge in [0.05, 0.1) is 6.54 Å². The van der Waals surface area contributed by atoms with Crippen molar-refractivity contribution in [1.29, 1.82) is 0 Å². The molecule has 0 fully saturated rings. The number of benzene rings is 1. The molecule has 0 saturated carbocycles. The lowest BCUT2D eigenvalue weighted by Crippen LogP contribution is -2.43. The van der Waals surface area contributed by atoms with E-state index in [1.54, 1.807) is 16.9 Å². The highest BCUT2D eigenvalue weighted by Gasteiger charge is 2.34. The summed E-state index contributed by atoms with van der Waals surface area (Å²) in [4.78, 5) is 12.4. The third-order valence-corrected chi connectivity index (χ3v) is 4.49. The Hall–Kier alpha value is -2.14. The van der Waals surface area contributed by atoms with Crippen LogP contribution in [0.25, 0.3) is 0 Å². The molecule has 3 rings (SSSR count). The normalized spacial score (nSPS) is 20.3. The summed E-state index contributed by atoms with van der Waals surface area (Å²) in [6, 6.07) is 9.75.